The summed E-state index contributed by atoms with van der Waals surface area (Å²) in [4.78, 5) is 14.0. The average Bonchev–Trinajstić information content (AvgIpc) is 2.75. The molecule has 4 heteroatoms. The molecular weight excluding hydrogens is 264 g/mol. The number of aryl methyl sites for hydroxylation is 2. The molecule has 2 rings (SSSR count). The highest BCUT2D eigenvalue weighted by Crippen LogP contribution is 2.25. The summed E-state index contributed by atoms with van der Waals surface area (Å²) in [7, 11) is 0. The van der Waals surface area contributed by atoms with Gasteiger partial charge in [-0.1, -0.05) is 25.0 Å². The van der Waals surface area contributed by atoms with E-state index in [-0.39, 0.29) is 12.8 Å². The number of carbonyl (C=O) groups is 1. The Hall–Kier alpha value is -1.71. The van der Waals surface area contributed by atoms with Crippen LogP contribution in [0.2, 0.25) is 0 Å². The predicted octanol–water partition coefficient (Wildman–Crippen LogP) is 3.53. The van der Waals surface area contributed by atoms with Gasteiger partial charge in [0, 0.05) is 13.1 Å². The fourth-order valence-electron chi connectivity index (χ4n) is 2.70. The first-order valence-electron chi connectivity index (χ1n) is 7.82. The van der Waals surface area contributed by atoms with Crippen molar-refractivity contribution in [1.29, 1.82) is 0 Å². The molecular formula is C17H26N2O2. The highest BCUT2D eigenvalue weighted by atomic mass is 16.5. The molecule has 116 valence electrons. The summed E-state index contributed by atoms with van der Waals surface area (Å²) in [5.41, 5.74) is 3.44. The Labute approximate surface area is 127 Å². The van der Waals surface area contributed by atoms with Gasteiger partial charge >= 0.3 is 6.03 Å². The molecule has 0 spiro atoms. The van der Waals surface area contributed by atoms with Crippen LogP contribution in [0, 0.1) is 20.8 Å². The van der Waals surface area contributed by atoms with E-state index in [4.69, 9.17) is 4.74 Å². The minimum atomic E-state index is -0.0140. The van der Waals surface area contributed by atoms with Gasteiger partial charge in [-0.2, -0.15) is 0 Å². The van der Waals surface area contributed by atoms with Crippen LogP contribution < -0.4 is 10.1 Å². The van der Waals surface area contributed by atoms with E-state index in [0.29, 0.717) is 0 Å². The second-order valence-electron chi connectivity index (χ2n) is 5.83. The van der Waals surface area contributed by atoms with Crippen LogP contribution >= 0.6 is 0 Å². The lowest BCUT2D eigenvalue weighted by Gasteiger charge is -2.21. The largest absolute Gasteiger partial charge is 0.473 e. The molecule has 2 amide bonds. The SMILES string of the molecule is Cc1ccc(C)c(OCNC(=O)N2CCCCCC2)c1C. The van der Waals surface area contributed by atoms with E-state index >= 15 is 0 Å². The quantitative estimate of drug-likeness (QED) is 0.865. The van der Waals surface area contributed by atoms with Gasteiger partial charge in [0.25, 0.3) is 0 Å². The summed E-state index contributed by atoms with van der Waals surface area (Å²) >= 11 is 0. The van der Waals surface area contributed by atoms with Crippen LogP contribution in [0.25, 0.3) is 0 Å². The van der Waals surface area contributed by atoms with Gasteiger partial charge in [0.05, 0.1) is 0 Å². The maximum atomic E-state index is 12.1. The van der Waals surface area contributed by atoms with E-state index in [2.05, 4.69) is 18.3 Å². The first-order valence-corrected chi connectivity index (χ1v) is 7.82. The lowest BCUT2D eigenvalue weighted by molar-refractivity contribution is 0.185. The van der Waals surface area contributed by atoms with Crippen molar-refractivity contribution in [3.8, 4) is 5.75 Å². The molecule has 0 unspecified atom stereocenters. The number of ether oxygens (including phenoxy) is 1. The molecule has 1 aromatic carbocycles. The molecule has 0 bridgehead atoms. The Morgan fingerprint density at radius 1 is 1.10 bits per heavy atom. The van der Waals surface area contributed by atoms with Gasteiger partial charge in [-0.25, -0.2) is 4.79 Å². The standard InChI is InChI=1S/C17H26N2O2/c1-13-8-9-14(2)16(15(13)3)21-12-18-17(20)19-10-6-4-5-7-11-19/h8-9H,4-7,10-12H2,1-3H3,(H,18,20). The summed E-state index contributed by atoms with van der Waals surface area (Å²) in [6.45, 7) is 8.08. The molecule has 21 heavy (non-hydrogen) atoms. The molecule has 0 radical (unpaired) electrons. The third-order valence-electron chi connectivity index (χ3n) is 4.21. The van der Waals surface area contributed by atoms with Gasteiger partial charge in [0.1, 0.15) is 5.75 Å². The fourth-order valence-corrected chi connectivity index (χ4v) is 2.70. The van der Waals surface area contributed by atoms with E-state index in [1.165, 1.54) is 18.4 Å². The molecule has 0 atom stereocenters. The summed E-state index contributed by atoms with van der Waals surface area (Å²) in [5.74, 6) is 0.881. The highest BCUT2D eigenvalue weighted by Gasteiger charge is 2.15. The summed E-state index contributed by atoms with van der Waals surface area (Å²) in [5, 5.41) is 2.87. The Kier molecular flexibility index (Phi) is 5.48. The summed E-state index contributed by atoms with van der Waals surface area (Å²) in [6, 6.07) is 4.13. The minimum Gasteiger partial charge on any atom is -0.473 e. The van der Waals surface area contributed by atoms with Crippen LogP contribution in [0.15, 0.2) is 12.1 Å². The van der Waals surface area contributed by atoms with E-state index in [1.54, 1.807) is 0 Å². The molecule has 4 nitrogen and oxygen atoms in total. The molecule has 1 aliphatic heterocycles. The van der Waals surface area contributed by atoms with Gasteiger partial charge in [0.15, 0.2) is 6.73 Å². The van der Waals surface area contributed by atoms with E-state index in [1.807, 2.05) is 24.8 Å². The van der Waals surface area contributed by atoms with Crippen LogP contribution in [0.5, 0.6) is 5.75 Å². The Balaban J connectivity index is 1.86. The van der Waals surface area contributed by atoms with Crippen molar-refractivity contribution in [2.75, 3.05) is 19.8 Å². The van der Waals surface area contributed by atoms with Crippen LogP contribution in [0.1, 0.15) is 42.4 Å². The third kappa shape index (κ3) is 4.13. The molecule has 1 aromatic rings. The minimum absolute atomic E-state index is 0.0140. The zero-order valence-electron chi connectivity index (χ0n) is 13.4. The molecule has 1 heterocycles. The maximum Gasteiger partial charge on any atom is 0.320 e. The first kappa shape index (κ1) is 15.7. The number of benzene rings is 1. The number of carbonyl (C=O) groups excluding carboxylic acids is 1. The van der Waals surface area contributed by atoms with Crippen LogP contribution in [0.3, 0.4) is 0 Å². The van der Waals surface area contributed by atoms with Gasteiger partial charge in [-0.15, -0.1) is 0 Å². The normalized spacial score (nSPS) is 15.5. The maximum absolute atomic E-state index is 12.1. The van der Waals surface area contributed by atoms with Gasteiger partial charge in [-0.05, 0) is 50.3 Å². The number of urea groups is 1. The molecule has 0 aromatic heterocycles. The number of hydrogen-bond donors (Lipinski definition) is 1. The van der Waals surface area contributed by atoms with Crippen molar-refractivity contribution < 1.29 is 9.53 Å². The van der Waals surface area contributed by atoms with Crippen molar-refractivity contribution in [2.45, 2.75) is 46.5 Å². The average molecular weight is 290 g/mol. The zero-order valence-corrected chi connectivity index (χ0v) is 13.4. The number of nitrogens with zero attached hydrogens (tertiary/aromatic N) is 1. The predicted molar refractivity (Wildman–Crippen MR) is 84.7 cm³/mol. The van der Waals surface area contributed by atoms with E-state index in [9.17, 15) is 4.79 Å². The van der Waals surface area contributed by atoms with Crippen LogP contribution in [-0.2, 0) is 0 Å². The van der Waals surface area contributed by atoms with Gasteiger partial charge in [-0.3, -0.25) is 0 Å². The fraction of sp³-hybridized carbons (Fsp3) is 0.588. The van der Waals surface area contributed by atoms with Crippen LogP contribution in [0.4, 0.5) is 4.79 Å². The third-order valence-corrected chi connectivity index (χ3v) is 4.21. The lowest BCUT2D eigenvalue weighted by Crippen LogP contribution is -2.42. The van der Waals surface area contributed by atoms with Gasteiger partial charge < -0.3 is 15.0 Å². The van der Waals surface area contributed by atoms with E-state index in [0.717, 1.165) is 42.8 Å². The smallest absolute Gasteiger partial charge is 0.320 e. The number of amides is 2. The lowest BCUT2D eigenvalue weighted by atomic mass is 10.1. The molecule has 1 fully saturated rings. The molecule has 0 aliphatic carbocycles. The molecule has 0 saturated carbocycles. The summed E-state index contributed by atoms with van der Waals surface area (Å²) in [6.07, 6.45) is 4.65. The van der Waals surface area contributed by atoms with Gasteiger partial charge in [0.2, 0.25) is 0 Å². The van der Waals surface area contributed by atoms with Crippen molar-refractivity contribution >= 4 is 6.03 Å². The first-order chi connectivity index (χ1) is 10.1. The molecule has 1 N–H and O–H groups in total. The Morgan fingerprint density at radius 2 is 1.71 bits per heavy atom. The van der Waals surface area contributed by atoms with Crippen LogP contribution in [-0.4, -0.2) is 30.8 Å². The van der Waals surface area contributed by atoms with Crippen molar-refractivity contribution in [3.63, 3.8) is 0 Å². The second kappa shape index (κ2) is 7.34. The van der Waals surface area contributed by atoms with Crippen molar-refractivity contribution in [1.82, 2.24) is 10.2 Å². The Bertz CT molecular complexity index is 492. The van der Waals surface area contributed by atoms with E-state index < -0.39 is 0 Å². The number of nitrogens with one attached hydrogen (secondary N) is 1. The topological polar surface area (TPSA) is 41.6 Å². The number of rotatable bonds is 3. The van der Waals surface area contributed by atoms with Crippen molar-refractivity contribution in [3.05, 3.63) is 28.8 Å². The molecule has 1 aliphatic rings. The van der Waals surface area contributed by atoms with Crippen molar-refractivity contribution in [2.24, 2.45) is 0 Å². The molecule has 1 saturated heterocycles. The summed E-state index contributed by atoms with van der Waals surface area (Å²) < 4.78 is 5.78. The monoisotopic (exact) mass is 290 g/mol. The highest BCUT2D eigenvalue weighted by molar-refractivity contribution is 5.74. The number of likely N-dealkylation sites (tertiary alicyclic amines) is 1. The second-order valence-corrected chi connectivity index (χ2v) is 5.83. The zero-order chi connectivity index (χ0) is 15.2. The number of hydrogen-bond acceptors (Lipinski definition) is 2. The Morgan fingerprint density at radius 3 is 2.38 bits per heavy atom.